The Kier molecular flexibility index (Phi) is 10.1. The second kappa shape index (κ2) is 16.0. The average Bonchev–Trinajstić information content (AvgIpc) is 3.71. The Labute approximate surface area is 390 Å². The third kappa shape index (κ3) is 6.57. The molecule has 0 unspecified atom stereocenters. The first kappa shape index (κ1) is 40.3. The zero-order valence-electron chi connectivity index (χ0n) is 35.5. The van der Waals surface area contributed by atoms with E-state index >= 15 is 0 Å². The first-order valence-electron chi connectivity index (χ1n) is 21.5. The zero-order chi connectivity index (χ0) is 42.3. The summed E-state index contributed by atoms with van der Waals surface area (Å²) in [5, 5.41) is 35.4. The summed E-state index contributed by atoms with van der Waals surface area (Å²) in [6, 6.07) is 56.7. The predicted molar refractivity (Wildman–Crippen MR) is 262 cm³/mol. The SMILES string of the molecule is CC(C)c1cn[c-]c(-c2[c-]ccc3c2[se]c2ccc(C(C)C)cc23)c1.[Ir+3].[c-]1cc2ccc3cccc4ccc(c1-c1nnc(-c5ccc6ccc7cccc8ccc5c6c78)nn1)c2c34. The summed E-state index contributed by atoms with van der Waals surface area (Å²) >= 11 is 0.314. The Bertz CT molecular complexity index is 3680. The van der Waals surface area contributed by atoms with E-state index in [0.717, 1.165) is 32.8 Å². The van der Waals surface area contributed by atoms with Crippen molar-refractivity contribution in [3.63, 3.8) is 0 Å². The molecule has 5 nitrogen and oxygen atoms in total. The van der Waals surface area contributed by atoms with Crippen molar-refractivity contribution in [1.29, 1.82) is 0 Å². The largest absolute Gasteiger partial charge is 3.00 e. The molecule has 0 amide bonds. The third-order valence-corrected chi connectivity index (χ3v) is 15.2. The number of hydrogen-bond donors (Lipinski definition) is 0. The molecule has 0 N–H and O–H groups in total. The van der Waals surface area contributed by atoms with Gasteiger partial charge in [-0.1, -0.05) is 113 Å². The van der Waals surface area contributed by atoms with Gasteiger partial charge in [0.25, 0.3) is 0 Å². The van der Waals surface area contributed by atoms with Crippen molar-refractivity contribution in [3.8, 4) is 33.9 Å². The molecule has 10 aromatic carbocycles. The predicted octanol–water partition coefficient (Wildman–Crippen LogP) is 14.2. The van der Waals surface area contributed by atoms with E-state index < -0.39 is 0 Å². The van der Waals surface area contributed by atoms with Gasteiger partial charge in [0.05, 0.1) is 0 Å². The summed E-state index contributed by atoms with van der Waals surface area (Å²) in [4.78, 5) is 4.36. The van der Waals surface area contributed by atoms with Crippen molar-refractivity contribution in [2.24, 2.45) is 0 Å². The minimum absolute atomic E-state index is 0. The molecule has 0 bridgehead atoms. The molecular formula is C57H38IrN5Se. The van der Waals surface area contributed by atoms with Gasteiger partial charge < -0.3 is 0 Å². The fraction of sp³-hybridized carbons (Fsp3) is 0.105. The third-order valence-electron chi connectivity index (χ3n) is 12.7. The van der Waals surface area contributed by atoms with Crippen LogP contribution in [0.4, 0.5) is 0 Å². The van der Waals surface area contributed by atoms with Gasteiger partial charge >= 0.3 is 176 Å². The summed E-state index contributed by atoms with van der Waals surface area (Å²) < 4.78 is 2.89. The van der Waals surface area contributed by atoms with Crippen molar-refractivity contribution in [3.05, 3.63) is 175 Å². The van der Waals surface area contributed by atoms with Crippen molar-refractivity contribution >= 4 is 98.4 Å². The summed E-state index contributed by atoms with van der Waals surface area (Å²) in [6.07, 6.45) is 5.12. The molecule has 3 heterocycles. The number of pyridine rings is 1. The standard InChI is InChI=1S/C34H17N4.C23H21NSe.Ir/c1-3-19-7-9-23-13-17-27(25-15-11-21(5-1)29(19)31(23)25)33-35-37-34(38-36-33)28-18-14-24-10-8-20-4-2-6-22-12-16-26(28)32(24)30(20)22;1-14(2)16-8-9-22-21(11-16)20-7-5-6-19(23(20)25-22)18-10-17(15(3)4)12-24-13-18;/h1-17H;5,7-12,14-15H,1-4H3;/q-1;-2;+3. The number of aromatic nitrogens is 5. The quantitative estimate of drug-likeness (QED) is 0.0976. The van der Waals surface area contributed by atoms with Crippen LogP contribution in [0.5, 0.6) is 0 Å². The number of nitrogens with zero attached hydrogens (tertiary/aromatic N) is 5. The number of fused-ring (bicyclic) bond motifs is 3. The van der Waals surface area contributed by atoms with Crippen LogP contribution in [0.3, 0.4) is 0 Å². The van der Waals surface area contributed by atoms with Gasteiger partial charge in [0.15, 0.2) is 0 Å². The van der Waals surface area contributed by atoms with Crippen LogP contribution in [-0.2, 0) is 20.1 Å². The minimum Gasteiger partial charge on any atom is -0.177 e. The molecule has 13 rings (SSSR count). The van der Waals surface area contributed by atoms with E-state index in [0.29, 0.717) is 38.0 Å². The van der Waals surface area contributed by atoms with E-state index in [1.54, 1.807) is 0 Å². The summed E-state index contributed by atoms with van der Waals surface area (Å²) in [5.41, 5.74) is 6.66. The number of rotatable bonds is 5. The molecule has 0 aliphatic rings. The monoisotopic (exact) mass is 1070 g/mol. The van der Waals surface area contributed by atoms with Gasteiger partial charge in [0.1, 0.15) is 5.82 Å². The van der Waals surface area contributed by atoms with E-state index in [2.05, 4.69) is 205 Å². The molecule has 0 saturated heterocycles. The van der Waals surface area contributed by atoms with Crippen LogP contribution in [0.25, 0.3) is 118 Å². The first-order chi connectivity index (χ1) is 30.9. The summed E-state index contributed by atoms with van der Waals surface area (Å²) in [5.74, 6) is 2.01. The smallest absolute Gasteiger partial charge is 0.177 e. The number of benzene rings is 10. The van der Waals surface area contributed by atoms with Gasteiger partial charge in [-0.2, -0.15) is 10.2 Å². The molecule has 0 saturated carbocycles. The minimum atomic E-state index is 0. The molecule has 0 aliphatic carbocycles. The molecule has 0 spiro atoms. The van der Waals surface area contributed by atoms with Crippen LogP contribution >= 0.6 is 0 Å². The van der Waals surface area contributed by atoms with Gasteiger partial charge in [0, 0.05) is 5.56 Å². The Morgan fingerprint density at radius 1 is 0.484 bits per heavy atom. The molecule has 3 aromatic heterocycles. The van der Waals surface area contributed by atoms with Crippen molar-refractivity contribution < 1.29 is 20.1 Å². The molecule has 7 heteroatoms. The van der Waals surface area contributed by atoms with Crippen LogP contribution in [0.15, 0.2) is 146 Å². The molecule has 306 valence electrons. The van der Waals surface area contributed by atoms with E-state index in [-0.39, 0.29) is 20.1 Å². The van der Waals surface area contributed by atoms with Crippen molar-refractivity contribution in [2.45, 2.75) is 39.5 Å². The Morgan fingerprint density at radius 3 is 1.77 bits per heavy atom. The zero-order valence-corrected chi connectivity index (χ0v) is 39.6. The molecule has 0 radical (unpaired) electrons. The van der Waals surface area contributed by atoms with E-state index in [9.17, 15) is 0 Å². The van der Waals surface area contributed by atoms with Crippen molar-refractivity contribution in [1.82, 2.24) is 25.4 Å². The molecule has 64 heavy (non-hydrogen) atoms. The maximum absolute atomic E-state index is 4.57. The maximum atomic E-state index is 4.57. The second-order valence-electron chi connectivity index (χ2n) is 17.1. The van der Waals surface area contributed by atoms with E-state index in [1.807, 2.05) is 12.3 Å². The first-order valence-corrected chi connectivity index (χ1v) is 23.2. The maximum Gasteiger partial charge on any atom is 3.00 e. The van der Waals surface area contributed by atoms with Gasteiger partial charge in [-0.25, -0.2) is 0 Å². The van der Waals surface area contributed by atoms with Crippen LogP contribution in [0.2, 0.25) is 0 Å². The summed E-state index contributed by atoms with van der Waals surface area (Å²) in [6.45, 7) is 8.91. The topological polar surface area (TPSA) is 64.5 Å². The molecule has 0 aliphatic heterocycles. The molecule has 13 aromatic rings. The van der Waals surface area contributed by atoms with Gasteiger partial charge in [-0.05, 0) is 54.5 Å². The number of hydrogen-bond acceptors (Lipinski definition) is 5. The fourth-order valence-electron chi connectivity index (χ4n) is 9.39. The van der Waals surface area contributed by atoms with Gasteiger partial charge in [-0.3, -0.25) is 0 Å². The van der Waals surface area contributed by atoms with Gasteiger partial charge in [-0.15, -0.1) is 22.3 Å². The van der Waals surface area contributed by atoms with Crippen LogP contribution in [0, 0.1) is 18.3 Å². The van der Waals surface area contributed by atoms with Gasteiger partial charge in [0.2, 0.25) is 5.82 Å². The summed E-state index contributed by atoms with van der Waals surface area (Å²) in [7, 11) is 0. The van der Waals surface area contributed by atoms with E-state index in [4.69, 9.17) is 0 Å². The van der Waals surface area contributed by atoms with Crippen LogP contribution < -0.4 is 0 Å². The van der Waals surface area contributed by atoms with E-state index in [1.165, 1.54) is 84.5 Å². The second-order valence-corrected chi connectivity index (χ2v) is 19.3. The Morgan fingerprint density at radius 2 is 1.08 bits per heavy atom. The van der Waals surface area contributed by atoms with Crippen molar-refractivity contribution in [2.75, 3.05) is 0 Å². The van der Waals surface area contributed by atoms with Crippen LogP contribution in [0.1, 0.15) is 50.7 Å². The average molecular weight is 1060 g/mol. The molecular weight excluding hydrogens is 1030 g/mol. The molecule has 0 fully saturated rings. The normalized spacial score (nSPS) is 11.9. The Hall–Kier alpha value is -6.46. The van der Waals surface area contributed by atoms with Crippen LogP contribution in [-0.4, -0.2) is 39.9 Å². The molecule has 0 atom stereocenters. The fourth-order valence-corrected chi connectivity index (χ4v) is 11.9. The Balaban J connectivity index is 0.000000153.